The first-order valence-electron chi connectivity index (χ1n) is 7.83. The Morgan fingerprint density at radius 2 is 2.38 bits per heavy atom. The topological polar surface area (TPSA) is 80.1 Å². The average Bonchev–Trinajstić information content (AvgIpc) is 3.16. The van der Waals surface area contributed by atoms with Crippen LogP contribution in [0.2, 0.25) is 5.15 Å². The van der Waals surface area contributed by atoms with Gasteiger partial charge in [-0.15, -0.1) is 0 Å². The van der Waals surface area contributed by atoms with Gasteiger partial charge in [0.2, 0.25) is 11.8 Å². The van der Waals surface area contributed by atoms with Crippen molar-refractivity contribution in [2.75, 3.05) is 18.0 Å². The Morgan fingerprint density at radius 1 is 1.54 bits per heavy atom. The Balaban J connectivity index is 1.81. The molecule has 1 aliphatic heterocycles. The number of amides is 2. The molecule has 1 aliphatic rings. The molecule has 1 fully saturated rings. The first kappa shape index (κ1) is 16.4. The number of hydrogen-bond donors (Lipinski definition) is 1. The highest BCUT2D eigenvalue weighted by Crippen LogP contribution is 2.27. The molecule has 1 atom stereocenters. The predicted octanol–water partition coefficient (Wildman–Crippen LogP) is 1.80. The second-order valence-corrected chi connectivity index (χ2v) is 5.94. The van der Waals surface area contributed by atoms with E-state index in [1.165, 1.54) is 0 Å². The molecule has 0 aromatic carbocycles. The number of pyridine rings is 1. The molecule has 0 saturated carbocycles. The number of hydrogen-bond acceptors (Lipinski definition) is 4. The second-order valence-electron chi connectivity index (χ2n) is 5.58. The number of rotatable bonds is 5. The van der Waals surface area contributed by atoms with E-state index in [2.05, 4.69) is 15.4 Å². The van der Waals surface area contributed by atoms with Gasteiger partial charge in [-0.3, -0.25) is 14.6 Å². The van der Waals surface area contributed by atoms with E-state index in [1.807, 2.05) is 13.0 Å². The SMILES string of the molecule is CCN(C(=O)CC1CCNC1=O)c1cn(-c2cccnc2)nc1Cl. The Kier molecular flexibility index (Phi) is 4.80. The molecule has 0 aliphatic carbocycles. The molecule has 1 unspecified atom stereocenters. The summed E-state index contributed by atoms with van der Waals surface area (Å²) in [6.07, 6.45) is 5.90. The Bertz CT molecular complexity index is 746. The van der Waals surface area contributed by atoms with Gasteiger partial charge in [0.15, 0.2) is 5.15 Å². The highest BCUT2D eigenvalue weighted by molar-refractivity contribution is 6.32. The van der Waals surface area contributed by atoms with E-state index in [1.54, 1.807) is 34.2 Å². The smallest absolute Gasteiger partial charge is 0.227 e. The molecule has 2 amide bonds. The zero-order valence-electron chi connectivity index (χ0n) is 13.3. The normalized spacial score (nSPS) is 16.9. The van der Waals surface area contributed by atoms with E-state index in [0.29, 0.717) is 25.2 Å². The number of carbonyl (C=O) groups excluding carboxylic acids is 2. The molecule has 0 spiro atoms. The van der Waals surface area contributed by atoms with Gasteiger partial charge < -0.3 is 10.2 Å². The van der Waals surface area contributed by atoms with Crippen molar-refractivity contribution in [3.63, 3.8) is 0 Å². The van der Waals surface area contributed by atoms with Crippen LogP contribution in [0, 0.1) is 5.92 Å². The van der Waals surface area contributed by atoms with Crippen molar-refractivity contribution in [2.45, 2.75) is 19.8 Å². The van der Waals surface area contributed by atoms with E-state index in [9.17, 15) is 9.59 Å². The standard InChI is InChI=1S/C16H18ClN5O2/c1-2-21(14(23)8-11-5-7-19-16(11)24)13-10-22(20-15(13)17)12-4-3-6-18-9-12/h3-4,6,9-11H,2,5,7-8H2,1H3,(H,19,24). The summed E-state index contributed by atoms with van der Waals surface area (Å²) in [5, 5.41) is 7.24. The van der Waals surface area contributed by atoms with Crippen molar-refractivity contribution in [2.24, 2.45) is 5.92 Å². The molecular weight excluding hydrogens is 330 g/mol. The van der Waals surface area contributed by atoms with Crippen LogP contribution in [0.4, 0.5) is 5.69 Å². The lowest BCUT2D eigenvalue weighted by Gasteiger charge is -2.20. The van der Waals surface area contributed by atoms with Gasteiger partial charge in [-0.25, -0.2) is 4.68 Å². The molecule has 24 heavy (non-hydrogen) atoms. The molecular formula is C16H18ClN5O2. The fourth-order valence-corrected chi connectivity index (χ4v) is 3.02. The summed E-state index contributed by atoms with van der Waals surface area (Å²) in [5.74, 6) is -0.456. The molecule has 2 aromatic heterocycles. The summed E-state index contributed by atoms with van der Waals surface area (Å²) >= 11 is 6.23. The van der Waals surface area contributed by atoms with Crippen molar-refractivity contribution in [1.82, 2.24) is 20.1 Å². The van der Waals surface area contributed by atoms with Crippen LogP contribution < -0.4 is 10.2 Å². The molecule has 7 nitrogen and oxygen atoms in total. The number of anilines is 1. The Hall–Kier alpha value is -2.41. The van der Waals surface area contributed by atoms with Crippen molar-refractivity contribution in [3.8, 4) is 5.69 Å². The van der Waals surface area contributed by atoms with Crippen LogP contribution in [-0.4, -0.2) is 39.7 Å². The first-order valence-corrected chi connectivity index (χ1v) is 8.21. The lowest BCUT2D eigenvalue weighted by molar-refractivity contribution is -0.127. The summed E-state index contributed by atoms with van der Waals surface area (Å²) < 4.78 is 1.59. The number of carbonyl (C=O) groups is 2. The minimum Gasteiger partial charge on any atom is -0.356 e. The summed E-state index contributed by atoms with van der Waals surface area (Å²) in [7, 11) is 0. The van der Waals surface area contributed by atoms with E-state index >= 15 is 0 Å². The summed E-state index contributed by atoms with van der Waals surface area (Å²) in [6.45, 7) is 2.94. The maximum Gasteiger partial charge on any atom is 0.227 e. The fourth-order valence-electron chi connectivity index (χ4n) is 2.79. The summed E-state index contributed by atoms with van der Waals surface area (Å²) in [5.41, 5.74) is 1.29. The highest BCUT2D eigenvalue weighted by Gasteiger charge is 2.29. The Morgan fingerprint density at radius 3 is 3.00 bits per heavy atom. The van der Waals surface area contributed by atoms with E-state index in [-0.39, 0.29) is 29.3 Å². The van der Waals surface area contributed by atoms with Gasteiger partial charge in [-0.05, 0) is 25.5 Å². The number of halogens is 1. The van der Waals surface area contributed by atoms with Crippen LogP contribution in [0.15, 0.2) is 30.7 Å². The highest BCUT2D eigenvalue weighted by atomic mass is 35.5. The lowest BCUT2D eigenvalue weighted by atomic mass is 10.0. The van der Waals surface area contributed by atoms with Crippen molar-refractivity contribution in [1.29, 1.82) is 0 Å². The van der Waals surface area contributed by atoms with Crippen LogP contribution >= 0.6 is 11.6 Å². The van der Waals surface area contributed by atoms with E-state index in [4.69, 9.17) is 11.6 Å². The summed E-state index contributed by atoms with van der Waals surface area (Å²) in [4.78, 5) is 29.9. The third-order valence-corrected chi connectivity index (χ3v) is 4.32. The van der Waals surface area contributed by atoms with Crippen molar-refractivity contribution >= 4 is 29.1 Å². The largest absolute Gasteiger partial charge is 0.356 e. The predicted molar refractivity (Wildman–Crippen MR) is 90.1 cm³/mol. The van der Waals surface area contributed by atoms with E-state index in [0.717, 1.165) is 5.69 Å². The molecule has 2 aromatic rings. The average molecular weight is 348 g/mol. The monoisotopic (exact) mass is 347 g/mol. The third-order valence-electron chi connectivity index (χ3n) is 4.05. The van der Waals surface area contributed by atoms with Crippen molar-refractivity contribution < 1.29 is 9.59 Å². The van der Waals surface area contributed by atoms with Gasteiger partial charge in [0.25, 0.3) is 0 Å². The molecule has 3 rings (SSSR count). The fraction of sp³-hybridized carbons (Fsp3) is 0.375. The first-order chi connectivity index (χ1) is 11.6. The van der Waals surface area contributed by atoms with Crippen molar-refractivity contribution in [3.05, 3.63) is 35.9 Å². The maximum absolute atomic E-state index is 12.6. The van der Waals surface area contributed by atoms with Crippen LogP contribution in [0.25, 0.3) is 5.69 Å². The Labute approximate surface area is 144 Å². The quantitative estimate of drug-likeness (QED) is 0.894. The van der Waals surface area contributed by atoms with Gasteiger partial charge in [0.05, 0.1) is 18.1 Å². The molecule has 126 valence electrons. The van der Waals surface area contributed by atoms with Gasteiger partial charge in [0.1, 0.15) is 5.69 Å². The molecule has 3 heterocycles. The lowest BCUT2D eigenvalue weighted by Crippen LogP contribution is -2.33. The van der Waals surface area contributed by atoms with Gasteiger partial charge in [-0.2, -0.15) is 5.10 Å². The molecule has 1 saturated heterocycles. The minimum absolute atomic E-state index is 0.0587. The van der Waals surface area contributed by atoms with Gasteiger partial charge >= 0.3 is 0 Å². The van der Waals surface area contributed by atoms with Crippen LogP contribution in [0.5, 0.6) is 0 Å². The molecule has 8 heteroatoms. The second kappa shape index (κ2) is 7.00. The zero-order valence-corrected chi connectivity index (χ0v) is 14.0. The minimum atomic E-state index is -0.265. The van der Waals surface area contributed by atoms with Gasteiger partial charge in [-0.1, -0.05) is 11.6 Å². The van der Waals surface area contributed by atoms with Crippen LogP contribution in [-0.2, 0) is 9.59 Å². The molecule has 0 radical (unpaired) electrons. The molecule has 1 N–H and O–H groups in total. The van der Waals surface area contributed by atoms with Crippen LogP contribution in [0.3, 0.4) is 0 Å². The number of nitrogens with zero attached hydrogens (tertiary/aromatic N) is 4. The summed E-state index contributed by atoms with van der Waals surface area (Å²) in [6, 6.07) is 3.65. The zero-order chi connectivity index (χ0) is 17.1. The third kappa shape index (κ3) is 3.26. The number of nitrogens with one attached hydrogen (secondary N) is 1. The van der Waals surface area contributed by atoms with Gasteiger partial charge in [0, 0.05) is 31.6 Å². The van der Waals surface area contributed by atoms with E-state index < -0.39 is 0 Å². The maximum atomic E-state index is 12.6. The molecule has 0 bridgehead atoms. The van der Waals surface area contributed by atoms with Crippen LogP contribution in [0.1, 0.15) is 19.8 Å². The number of aromatic nitrogens is 3.